The molecule has 4 aromatic rings. The molecule has 35 heavy (non-hydrogen) atoms. The van der Waals surface area contributed by atoms with Gasteiger partial charge in [-0.25, -0.2) is 9.37 Å². The Balaban J connectivity index is 1.46. The molecule has 0 amide bonds. The predicted octanol–water partition coefficient (Wildman–Crippen LogP) is 4.40. The topological polar surface area (TPSA) is 83.4 Å². The van der Waals surface area contributed by atoms with Crippen LogP contribution in [0, 0.1) is 12.7 Å². The van der Waals surface area contributed by atoms with Crippen molar-refractivity contribution in [1.82, 2.24) is 29.5 Å². The first-order chi connectivity index (χ1) is 16.9. The van der Waals surface area contributed by atoms with Gasteiger partial charge in [0.15, 0.2) is 5.82 Å². The van der Waals surface area contributed by atoms with Crippen molar-refractivity contribution in [2.24, 2.45) is 0 Å². The van der Waals surface area contributed by atoms with Crippen LogP contribution in [-0.4, -0.2) is 55.7 Å². The molecule has 2 N–H and O–H groups in total. The Morgan fingerprint density at radius 1 is 1.09 bits per heavy atom. The van der Waals surface area contributed by atoms with E-state index in [-0.39, 0.29) is 18.2 Å². The van der Waals surface area contributed by atoms with E-state index in [0.29, 0.717) is 18.1 Å². The van der Waals surface area contributed by atoms with E-state index in [4.69, 9.17) is 4.74 Å². The average molecular weight is 486 g/mol. The van der Waals surface area contributed by atoms with Crippen molar-refractivity contribution in [2.45, 2.75) is 32.3 Å². The van der Waals surface area contributed by atoms with E-state index >= 15 is 8.78 Å². The zero-order valence-electron chi connectivity index (χ0n) is 19.3. The summed E-state index contributed by atoms with van der Waals surface area (Å²) < 4.78 is 51.5. The monoisotopic (exact) mass is 485 g/mol. The number of likely N-dealkylation sites (tertiary alicyclic amines) is 1. The molecular weight excluding hydrogens is 459 g/mol. The van der Waals surface area contributed by atoms with E-state index in [2.05, 4.69) is 30.4 Å². The van der Waals surface area contributed by atoms with Gasteiger partial charge < -0.3 is 15.0 Å². The molecule has 1 aromatic carbocycles. The number of nitrogens with one attached hydrogen (secondary N) is 2. The first-order valence-corrected chi connectivity index (χ1v) is 11.5. The van der Waals surface area contributed by atoms with Crippen LogP contribution in [0.2, 0.25) is 0 Å². The highest BCUT2D eigenvalue weighted by atomic mass is 19.3. The molecule has 0 radical (unpaired) electrons. The van der Waals surface area contributed by atoms with E-state index in [1.54, 1.807) is 22.6 Å². The molecule has 11 heteroatoms. The Morgan fingerprint density at radius 3 is 2.57 bits per heavy atom. The summed E-state index contributed by atoms with van der Waals surface area (Å²) in [7, 11) is 0. The van der Waals surface area contributed by atoms with Crippen molar-refractivity contribution in [1.29, 1.82) is 0 Å². The summed E-state index contributed by atoms with van der Waals surface area (Å²) in [6.45, 7) is 5.70. The minimum absolute atomic E-state index is 0.126. The summed E-state index contributed by atoms with van der Waals surface area (Å²) >= 11 is 0. The Bertz CT molecular complexity index is 1300. The quantitative estimate of drug-likeness (QED) is 0.342. The molecule has 5 rings (SSSR count). The van der Waals surface area contributed by atoms with Crippen LogP contribution in [-0.2, 0) is 17.3 Å². The molecule has 0 spiro atoms. The van der Waals surface area contributed by atoms with E-state index in [9.17, 15) is 4.39 Å². The second-order valence-electron chi connectivity index (χ2n) is 8.63. The van der Waals surface area contributed by atoms with Gasteiger partial charge in [-0.2, -0.15) is 18.9 Å². The Labute approximate surface area is 200 Å². The number of alkyl halides is 2. The number of H-pyrrole nitrogens is 1. The molecule has 8 nitrogen and oxygen atoms in total. The van der Waals surface area contributed by atoms with Crippen molar-refractivity contribution in [3.8, 4) is 0 Å². The summed E-state index contributed by atoms with van der Waals surface area (Å²) in [4.78, 5) is 10.7. The molecule has 184 valence electrons. The average Bonchev–Trinajstić information content (AvgIpc) is 3.59. The highest BCUT2D eigenvalue weighted by molar-refractivity contribution is 5.56. The van der Waals surface area contributed by atoms with Crippen LogP contribution in [0.1, 0.15) is 35.6 Å². The van der Waals surface area contributed by atoms with Crippen molar-refractivity contribution < 1.29 is 17.9 Å². The van der Waals surface area contributed by atoms with Gasteiger partial charge in [-0.05, 0) is 69.3 Å². The lowest BCUT2D eigenvalue weighted by atomic mass is 10.1. The SMILES string of the molecule is Cc1cc(Nc2nc(C(F)(F)c3ccc(F)cc3)nc3ccc(COCCN4CCCC4)n23)n[nH]1. The van der Waals surface area contributed by atoms with Gasteiger partial charge in [-0.3, -0.25) is 9.50 Å². The zero-order valence-corrected chi connectivity index (χ0v) is 19.3. The van der Waals surface area contributed by atoms with Gasteiger partial charge in [0.2, 0.25) is 11.8 Å². The maximum Gasteiger partial charge on any atom is 0.331 e. The van der Waals surface area contributed by atoms with E-state index in [1.807, 2.05) is 6.92 Å². The molecule has 1 aliphatic rings. The van der Waals surface area contributed by atoms with Crippen LogP contribution >= 0.6 is 0 Å². The van der Waals surface area contributed by atoms with Crippen molar-refractivity contribution in [3.05, 3.63) is 71.1 Å². The maximum atomic E-state index is 15.3. The van der Waals surface area contributed by atoms with Crippen molar-refractivity contribution in [2.75, 3.05) is 31.6 Å². The Morgan fingerprint density at radius 2 is 1.86 bits per heavy atom. The van der Waals surface area contributed by atoms with Gasteiger partial charge in [0.1, 0.15) is 11.5 Å². The Hall–Kier alpha value is -3.44. The molecule has 3 aromatic heterocycles. The first kappa shape index (κ1) is 23.3. The lowest BCUT2D eigenvalue weighted by Crippen LogP contribution is -2.24. The molecule has 0 bridgehead atoms. The van der Waals surface area contributed by atoms with E-state index in [0.717, 1.165) is 49.6 Å². The third-order valence-electron chi connectivity index (χ3n) is 6.02. The van der Waals surface area contributed by atoms with Crippen molar-refractivity contribution >= 4 is 17.4 Å². The van der Waals surface area contributed by atoms with E-state index < -0.39 is 23.1 Å². The largest absolute Gasteiger partial charge is 0.374 e. The lowest BCUT2D eigenvalue weighted by molar-refractivity contribution is 0.0329. The van der Waals surface area contributed by atoms with Gasteiger partial charge in [0.05, 0.1) is 18.9 Å². The number of benzene rings is 1. The molecule has 1 saturated heterocycles. The number of aryl methyl sites for hydroxylation is 1. The third kappa shape index (κ3) is 5.01. The first-order valence-electron chi connectivity index (χ1n) is 11.5. The van der Waals surface area contributed by atoms with Crippen LogP contribution in [0.5, 0.6) is 0 Å². The summed E-state index contributed by atoms with van der Waals surface area (Å²) in [6.07, 6.45) is 2.43. The summed E-state index contributed by atoms with van der Waals surface area (Å²) in [5.74, 6) is -4.29. The third-order valence-corrected chi connectivity index (χ3v) is 6.02. The minimum atomic E-state index is -3.54. The van der Waals surface area contributed by atoms with Crippen LogP contribution in [0.4, 0.5) is 24.9 Å². The highest BCUT2D eigenvalue weighted by Crippen LogP contribution is 2.35. The second kappa shape index (κ2) is 9.67. The highest BCUT2D eigenvalue weighted by Gasteiger charge is 2.38. The zero-order chi connectivity index (χ0) is 24.4. The molecule has 0 saturated carbocycles. The minimum Gasteiger partial charge on any atom is -0.374 e. The molecule has 0 atom stereocenters. The number of aromatic amines is 1. The smallest absolute Gasteiger partial charge is 0.331 e. The van der Waals surface area contributed by atoms with Gasteiger partial charge in [0, 0.05) is 23.9 Å². The maximum absolute atomic E-state index is 15.3. The number of fused-ring (bicyclic) bond motifs is 1. The van der Waals surface area contributed by atoms with Crippen LogP contribution in [0.15, 0.2) is 42.5 Å². The number of hydrogen-bond acceptors (Lipinski definition) is 6. The van der Waals surface area contributed by atoms with Gasteiger partial charge in [0.25, 0.3) is 0 Å². The van der Waals surface area contributed by atoms with Crippen LogP contribution in [0.3, 0.4) is 0 Å². The number of rotatable bonds is 9. The van der Waals surface area contributed by atoms with Crippen molar-refractivity contribution in [3.63, 3.8) is 0 Å². The number of anilines is 2. The summed E-state index contributed by atoms with van der Waals surface area (Å²) in [5.41, 5.74) is 1.40. The fourth-order valence-electron chi connectivity index (χ4n) is 4.18. The molecule has 4 heterocycles. The second-order valence-corrected chi connectivity index (χ2v) is 8.63. The number of hydrogen-bond donors (Lipinski definition) is 2. The van der Waals surface area contributed by atoms with Gasteiger partial charge in [-0.1, -0.05) is 0 Å². The Kier molecular flexibility index (Phi) is 6.44. The lowest BCUT2D eigenvalue weighted by Gasteiger charge is -2.18. The fraction of sp³-hybridized carbons (Fsp3) is 0.375. The molecule has 1 aliphatic heterocycles. The van der Waals surface area contributed by atoms with Crippen LogP contribution in [0.25, 0.3) is 5.65 Å². The number of ether oxygens (including phenoxy) is 1. The molecule has 0 unspecified atom stereocenters. The summed E-state index contributed by atoms with van der Waals surface area (Å²) in [6, 6.07) is 9.20. The number of nitrogens with zero attached hydrogens (tertiary/aromatic N) is 5. The van der Waals surface area contributed by atoms with Crippen LogP contribution < -0.4 is 5.32 Å². The normalized spacial score (nSPS) is 14.7. The predicted molar refractivity (Wildman–Crippen MR) is 124 cm³/mol. The van der Waals surface area contributed by atoms with Gasteiger partial charge in [-0.15, -0.1) is 0 Å². The fourth-order valence-corrected chi connectivity index (χ4v) is 4.18. The number of halogens is 3. The van der Waals surface area contributed by atoms with E-state index in [1.165, 1.54) is 12.8 Å². The molecule has 0 aliphatic carbocycles. The van der Waals surface area contributed by atoms with Gasteiger partial charge >= 0.3 is 5.92 Å². The standard InChI is InChI=1S/C24H26F3N7O/c1-16-14-20(32-31-16)28-23-30-22(24(26,27)17-4-6-18(25)7-5-17)29-21-9-8-19(34(21)23)15-35-13-12-33-10-2-3-11-33/h4-9,14H,2-3,10-13,15H2,1H3,(H2,28,29,30,31,32). The number of aromatic nitrogens is 5. The summed E-state index contributed by atoms with van der Waals surface area (Å²) in [5, 5.41) is 9.96. The molecule has 1 fully saturated rings. The molecular formula is C24H26F3N7O.